The van der Waals surface area contributed by atoms with Gasteiger partial charge in [0.15, 0.2) is 0 Å². The summed E-state index contributed by atoms with van der Waals surface area (Å²) in [6.45, 7) is 7.57. The first kappa shape index (κ1) is 16.8. The molecule has 1 fully saturated rings. The van der Waals surface area contributed by atoms with Crippen LogP contribution in [0, 0.1) is 5.41 Å². The van der Waals surface area contributed by atoms with Gasteiger partial charge >= 0.3 is 0 Å². The Kier molecular flexibility index (Phi) is 5.34. The zero-order valence-electron chi connectivity index (χ0n) is 13.7. The highest BCUT2D eigenvalue weighted by Gasteiger charge is 2.44. The van der Waals surface area contributed by atoms with Gasteiger partial charge in [0.25, 0.3) is 0 Å². The Hall–Kier alpha value is -0.570. The Morgan fingerprint density at radius 1 is 1.14 bits per heavy atom. The van der Waals surface area contributed by atoms with Crippen molar-refractivity contribution in [2.75, 3.05) is 13.7 Å². The molecule has 0 radical (unpaired) electrons. The Labute approximate surface area is 134 Å². The zero-order chi connectivity index (χ0) is 15.5. The van der Waals surface area contributed by atoms with Crippen molar-refractivity contribution in [3.05, 3.63) is 34.9 Å². The highest BCUT2D eigenvalue weighted by molar-refractivity contribution is 6.30. The normalized spacial score (nSPS) is 22.0. The van der Waals surface area contributed by atoms with Crippen molar-refractivity contribution in [1.29, 1.82) is 0 Å². The summed E-state index contributed by atoms with van der Waals surface area (Å²) in [5.41, 5.74) is 1.58. The van der Waals surface area contributed by atoms with E-state index < -0.39 is 0 Å². The van der Waals surface area contributed by atoms with Crippen molar-refractivity contribution in [3.63, 3.8) is 0 Å². The molecule has 2 rings (SSSR count). The molecule has 0 saturated heterocycles. The average Bonchev–Trinajstić information content (AvgIpc) is 2.45. The number of nitrogens with one attached hydrogen (secondary N) is 1. The van der Waals surface area contributed by atoms with Crippen LogP contribution in [0.25, 0.3) is 0 Å². The van der Waals surface area contributed by atoms with E-state index in [1.54, 1.807) is 0 Å². The third-order valence-electron chi connectivity index (χ3n) is 4.90. The summed E-state index contributed by atoms with van der Waals surface area (Å²) in [5.74, 6) is 0. The molecule has 0 spiro atoms. The fourth-order valence-corrected chi connectivity index (χ4v) is 3.67. The molecule has 1 aromatic carbocycles. The molecule has 3 heteroatoms. The molecule has 1 unspecified atom stereocenters. The molecule has 0 bridgehead atoms. The maximum atomic E-state index is 6.31. The summed E-state index contributed by atoms with van der Waals surface area (Å²) in [6.07, 6.45) is 4.61. The zero-order valence-corrected chi connectivity index (χ0v) is 14.5. The van der Waals surface area contributed by atoms with Crippen LogP contribution in [0.5, 0.6) is 0 Å². The lowest BCUT2D eigenvalue weighted by atomic mass is 9.67. The van der Waals surface area contributed by atoms with Crippen LogP contribution in [0.3, 0.4) is 0 Å². The number of rotatable bonds is 5. The summed E-state index contributed by atoms with van der Waals surface area (Å²) in [4.78, 5) is 0. The van der Waals surface area contributed by atoms with Gasteiger partial charge in [-0.05, 0) is 62.8 Å². The van der Waals surface area contributed by atoms with E-state index in [0.29, 0.717) is 5.41 Å². The summed E-state index contributed by atoms with van der Waals surface area (Å²) < 4.78 is 6.31. The maximum Gasteiger partial charge on any atom is 0.0876 e. The van der Waals surface area contributed by atoms with Gasteiger partial charge < -0.3 is 10.1 Å². The van der Waals surface area contributed by atoms with E-state index in [4.69, 9.17) is 16.3 Å². The van der Waals surface area contributed by atoms with Crippen LogP contribution in [0.1, 0.15) is 58.1 Å². The van der Waals surface area contributed by atoms with E-state index in [1.165, 1.54) is 18.4 Å². The first-order valence-corrected chi connectivity index (χ1v) is 8.37. The molecule has 1 atom stereocenters. The highest BCUT2D eigenvalue weighted by atomic mass is 35.5. The van der Waals surface area contributed by atoms with E-state index in [-0.39, 0.29) is 11.6 Å². The minimum Gasteiger partial charge on any atom is -0.373 e. The maximum absolute atomic E-state index is 6.31. The fourth-order valence-electron chi connectivity index (χ4n) is 3.54. The molecule has 21 heavy (non-hydrogen) atoms. The molecular formula is C18H28ClNO. The van der Waals surface area contributed by atoms with E-state index in [1.807, 2.05) is 19.2 Å². The van der Waals surface area contributed by atoms with Gasteiger partial charge in [-0.2, -0.15) is 0 Å². The summed E-state index contributed by atoms with van der Waals surface area (Å²) in [6, 6.07) is 8.38. The molecule has 0 amide bonds. The number of hydrogen-bond acceptors (Lipinski definition) is 2. The van der Waals surface area contributed by atoms with Crippen LogP contribution < -0.4 is 5.32 Å². The molecule has 1 aliphatic rings. The number of benzene rings is 1. The van der Waals surface area contributed by atoms with Crippen LogP contribution in [0.15, 0.2) is 24.3 Å². The molecule has 1 saturated carbocycles. The lowest BCUT2D eigenvalue weighted by Crippen LogP contribution is -2.49. The Balaban J connectivity index is 2.28. The second-order valence-electron chi connectivity index (χ2n) is 6.94. The number of ether oxygens (including phenoxy) is 1. The van der Waals surface area contributed by atoms with Crippen LogP contribution >= 0.6 is 11.6 Å². The molecule has 0 aromatic heterocycles. The second-order valence-corrected chi connectivity index (χ2v) is 7.37. The number of hydrogen-bond donors (Lipinski definition) is 1. The largest absolute Gasteiger partial charge is 0.373 e. The number of likely N-dealkylation sites (N-methyl/N-ethyl adjacent to an activating group) is 1. The standard InChI is InChI=1S/C18H28ClNO/c1-5-21-18(12-10-17(2,3)11-13-18)16(20-4)14-6-8-15(19)9-7-14/h6-9,16,20H,5,10-13H2,1-4H3. The van der Waals surface area contributed by atoms with Crippen molar-refractivity contribution in [1.82, 2.24) is 5.32 Å². The van der Waals surface area contributed by atoms with Crippen molar-refractivity contribution >= 4 is 11.6 Å². The Morgan fingerprint density at radius 3 is 2.19 bits per heavy atom. The molecule has 1 aliphatic carbocycles. The Morgan fingerprint density at radius 2 is 1.71 bits per heavy atom. The van der Waals surface area contributed by atoms with Crippen molar-refractivity contribution in [2.24, 2.45) is 5.41 Å². The molecule has 0 aliphatic heterocycles. The first-order chi connectivity index (χ1) is 9.92. The van der Waals surface area contributed by atoms with Crippen LogP contribution in [0.2, 0.25) is 5.02 Å². The summed E-state index contributed by atoms with van der Waals surface area (Å²) in [7, 11) is 2.03. The third-order valence-corrected chi connectivity index (χ3v) is 5.15. The van der Waals surface area contributed by atoms with E-state index >= 15 is 0 Å². The topological polar surface area (TPSA) is 21.3 Å². The molecule has 2 nitrogen and oxygen atoms in total. The van der Waals surface area contributed by atoms with E-state index in [2.05, 4.69) is 38.2 Å². The van der Waals surface area contributed by atoms with E-state index in [9.17, 15) is 0 Å². The smallest absolute Gasteiger partial charge is 0.0876 e. The van der Waals surface area contributed by atoms with Gasteiger partial charge in [0, 0.05) is 11.6 Å². The molecule has 118 valence electrons. The lowest BCUT2D eigenvalue weighted by Gasteiger charge is -2.47. The minimum atomic E-state index is -0.104. The average molecular weight is 310 g/mol. The molecule has 1 aromatic rings. The summed E-state index contributed by atoms with van der Waals surface area (Å²) in [5, 5.41) is 4.27. The molecule has 0 heterocycles. The first-order valence-electron chi connectivity index (χ1n) is 7.99. The van der Waals surface area contributed by atoms with Crippen molar-refractivity contribution in [2.45, 2.75) is 58.1 Å². The minimum absolute atomic E-state index is 0.104. The van der Waals surface area contributed by atoms with Crippen molar-refractivity contribution in [3.8, 4) is 0 Å². The van der Waals surface area contributed by atoms with Gasteiger partial charge in [-0.3, -0.25) is 0 Å². The molecular weight excluding hydrogens is 282 g/mol. The lowest BCUT2D eigenvalue weighted by molar-refractivity contribution is -0.106. The SMILES string of the molecule is CCOC1(C(NC)c2ccc(Cl)cc2)CCC(C)(C)CC1. The summed E-state index contributed by atoms with van der Waals surface area (Å²) >= 11 is 6.03. The quantitative estimate of drug-likeness (QED) is 0.828. The second kappa shape index (κ2) is 6.68. The van der Waals surface area contributed by atoms with Gasteiger partial charge in [0.2, 0.25) is 0 Å². The highest BCUT2D eigenvalue weighted by Crippen LogP contribution is 2.47. The van der Waals surface area contributed by atoms with Crippen LogP contribution in [-0.2, 0) is 4.74 Å². The van der Waals surface area contributed by atoms with Crippen LogP contribution in [0.4, 0.5) is 0 Å². The van der Waals surface area contributed by atoms with Gasteiger partial charge in [-0.1, -0.05) is 37.6 Å². The van der Waals surface area contributed by atoms with Crippen molar-refractivity contribution < 1.29 is 4.74 Å². The monoisotopic (exact) mass is 309 g/mol. The number of halogens is 1. The molecule has 1 N–H and O–H groups in total. The van der Waals surface area contributed by atoms with Gasteiger partial charge in [-0.15, -0.1) is 0 Å². The van der Waals surface area contributed by atoms with Gasteiger partial charge in [-0.25, -0.2) is 0 Å². The predicted molar refractivity (Wildman–Crippen MR) is 89.9 cm³/mol. The van der Waals surface area contributed by atoms with E-state index in [0.717, 1.165) is 24.5 Å². The Bertz CT molecular complexity index is 445. The van der Waals surface area contributed by atoms with Crippen LogP contribution in [-0.4, -0.2) is 19.3 Å². The predicted octanol–water partition coefficient (Wildman–Crippen LogP) is 4.98. The third kappa shape index (κ3) is 3.80. The van der Waals surface area contributed by atoms with Gasteiger partial charge in [0.05, 0.1) is 11.6 Å². The fraction of sp³-hybridized carbons (Fsp3) is 0.667. The van der Waals surface area contributed by atoms with Gasteiger partial charge in [0.1, 0.15) is 0 Å².